The first-order chi connectivity index (χ1) is 9.87. The largest absolute Gasteiger partial charge is 0.380 e. The molecule has 21 heavy (non-hydrogen) atoms. The van der Waals surface area contributed by atoms with E-state index in [0.717, 1.165) is 12.1 Å². The summed E-state index contributed by atoms with van der Waals surface area (Å²) in [5.41, 5.74) is -0.370. The number of benzene rings is 1. The van der Waals surface area contributed by atoms with E-state index in [1.54, 1.807) is 13.0 Å². The minimum atomic E-state index is -3.18. The molecule has 0 spiro atoms. The molecular formula is C13H15F2N3O2S. The minimum absolute atomic E-state index is 0.0146. The van der Waals surface area contributed by atoms with Gasteiger partial charge in [-0.1, -0.05) is 0 Å². The molecule has 1 aliphatic rings. The molecule has 0 bridgehead atoms. The van der Waals surface area contributed by atoms with Crippen LogP contribution in [0.4, 0.5) is 14.5 Å². The van der Waals surface area contributed by atoms with E-state index in [-0.39, 0.29) is 29.5 Å². The summed E-state index contributed by atoms with van der Waals surface area (Å²) in [6, 6.07) is 3.59. The highest BCUT2D eigenvalue weighted by Gasteiger charge is 2.34. The Morgan fingerprint density at radius 3 is 2.43 bits per heavy atom. The minimum Gasteiger partial charge on any atom is -0.380 e. The fourth-order valence-corrected chi connectivity index (χ4v) is 3.36. The number of sulfonamides is 1. The van der Waals surface area contributed by atoms with Crippen molar-refractivity contribution in [2.45, 2.75) is 6.92 Å². The maximum atomic E-state index is 13.6. The lowest BCUT2D eigenvalue weighted by Crippen LogP contribution is -2.52. The first-order valence-corrected chi connectivity index (χ1v) is 8.09. The first kappa shape index (κ1) is 15.7. The smallest absolute Gasteiger partial charge is 0.213 e. The lowest BCUT2D eigenvalue weighted by Gasteiger charge is -2.38. The van der Waals surface area contributed by atoms with Crippen molar-refractivity contribution in [3.8, 4) is 6.07 Å². The highest BCUT2D eigenvalue weighted by molar-refractivity contribution is 7.89. The van der Waals surface area contributed by atoms with Crippen LogP contribution in [-0.2, 0) is 10.0 Å². The quantitative estimate of drug-likeness (QED) is 0.894. The van der Waals surface area contributed by atoms with Crippen molar-refractivity contribution in [3.05, 3.63) is 29.3 Å². The lowest BCUT2D eigenvalue weighted by molar-refractivity contribution is 0.211. The van der Waals surface area contributed by atoms with Gasteiger partial charge in [-0.25, -0.2) is 21.5 Å². The molecule has 0 aliphatic carbocycles. The van der Waals surface area contributed by atoms with Crippen molar-refractivity contribution in [2.75, 3.05) is 30.7 Å². The van der Waals surface area contributed by atoms with Crippen LogP contribution in [-0.4, -0.2) is 38.1 Å². The predicted molar refractivity (Wildman–Crippen MR) is 74.1 cm³/mol. The first-order valence-electron chi connectivity index (χ1n) is 6.48. The van der Waals surface area contributed by atoms with Gasteiger partial charge in [-0.3, -0.25) is 0 Å². The molecular weight excluding hydrogens is 300 g/mol. The van der Waals surface area contributed by atoms with Gasteiger partial charge in [-0.2, -0.15) is 5.26 Å². The summed E-state index contributed by atoms with van der Waals surface area (Å²) in [4.78, 5) is 0. The number of nitrogens with one attached hydrogen (secondary N) is 1. The molecule has 1 aromatic rings. The summed E-state index contributed by atoms with van der Waals surface area (Å²) >= 11 is 0. The van der Waals surface area contributed by atoms with E-state index in [2.05, 4.69) is 5.32 Å². The fourth-order valence-electron chi connectivity index (χ4n) is 2.11. The molecule has 0 amide bonds. The topological polar surface area (TPSA) is 73.2 Å². The number of nitrogens with zero attached hydrogens (tertiary/aromatic N) is 2. The van der Waals surface area contributed by atoms with Gasteiger partial charge in [0.2, 0.25) is 10.0 Å². The standard InChI is InChI=1S/C13H15F2N3O2S/c1-2-21(19,20)18-7-10(8-18)6-17-13-11(14)3-9(5-16)4-12(13)15/h3-4,10,17H,2,6-8H2,1H3. The van der Waals surface area contributed by atoms with Gasteiger partial charge < -0.3 is 5.32 Å². The third-order valence-electron chi connectivity index (χ3n) is 3.42. The van der Waals surface area contributed by atoms with E-state index >= 15 is 0 Å². The van der Waals surface area contributed by atoms with Crippen molar-refractivity contribution < 1.29 is 17.2 Å². The van der Waals surface area contributed by atoms with Gasteiger partial charge >= 0.3 is 0 Å². The van der Waals surface area contributed by atoms with Crippen LogP contribution in [0.2, 0.25) is 0 Å². The molecule has 1 saturated heterocycles. The summed E-state index contributed by atoms with van der Waals surface area (Å²) in [6.07, 6.45) is 0. The van der Waals surface area contributed by atoms with Crippen LogP contribution in [0.5, 0.6) is 0 Å². The van der Waals surface area contributed by atoms with Gasteiger partial charge in [0.05, 0.1) is 17.4 Å². The third kappa shape index (κ3) is 3.31. The van der Waals surface area contributed by atoms with Crippen molar-refractivity contribution in [1.82, 2.24) is 4.31 Å². The van der Waals surface area contributed by atoms with E-state index in [9.17, 15) is 17.2 Å². The van der Waals surface area contributed by atoms with E-state index < -0.39 is 21.7 Å². The Morgan fingerprint density at radius 2 is 1.95 bits per heavy atom. The zero-order chi connectivity index (χ0) is 15.6. The summed E-state index contributed by atoms with van der Waals surface area (Å²) in [5, 5.41) is 11.2. The highest BCUT2D eigenvalue weighted by atomic mass is 32.2. The van der Waals surface area contributed by atoms with Crippen LogP contribution in [0.3, 0.4) is 0 Å². The lowest BCUT2D eigenvalue weighted by atomic mass is 10.0. The van der Waals surface area contributed by atoms with Crippen LogP contribution in [0.1, 0.15) is 12.5 Å². The zero-order valence-corrected chi connectivity index (χ0v) is 12.3. The maximum Gasteiger partial charge on any atom is 0.213 e. The molecule has 1 N–H and O–H groups in total. The van der Waals surface area contributed by atoms with Gasteiger partial charge in [0.25, 0.3) is 0 Å². The van der Waals surface area contributed by atoms with Gasteiger partial charge in [0.15, 0.2) is 11.6 Å². The van der Waals surface area contributed by atoms with Crippen LogP contribution in [0.25, 0.3) is 0 Å². The second-order valence-electron chi connectivity index (χ2n) is 4.89. The van der Waals surface area contributed by atoms with Gasteiger partial charge in [-0.15, -0.1) is 0 Å². The monoisotopic (exact) mass is 315 g/mol. The van der Waals surface area contributed by atoms with Crippen LogP contribution >= 0.6 is 0 Å². The molecule has 1 aliphatic heterocycles. The molecule has 0 aromatic heterocycles. The molecule has 0 saturated carbocycles. The van der Waals surface area contributed by atoms with Gasteiger partial charge in [0.1, 0.15) is 5.69 Å². The van der Waals surface area contributed by atoms with E-state index in [4.69, 9.17) is 5.26 Å². The summed E-state index contributed by atoms with van der Waals surface area (Å²) in [5.74, 6) is -1.60. The Hall–Kier alpha value is -1.72. The zero-order valence-electron chi connectivity index (χ0n) is 11.4. The summed E-state index contributed by atoms with van der Waals surface area (Å²) < 4.78 is 51.7. The Labute approximate surface area is 122 Å². The normalized spacial score (nSPS) is 16.3. The number of halogens is 2. The molecule has 0 unspecified atom stereocenters. The second kappa shape index (κ2) is 5.95. The Bertz CT molecular complexity index is 656. The molecule has 5 nitrogen and oxygen atoms in total. The van der Waals surface area contributed by atoms with Crippen molar-refractivity contribution >= 4 is 15.7 Å². The van der Waals surface area contributed by atoms with E-state index in [1.165, 1.54) is 4.31 Å². The Kier molecular flexibility index (Phi) is 4.44. The fraction of sp³-hybridized carbons (Fsp3) is 0.462. The number of hydrogen-bond donors (Lipinski definition) is 1. The maximum absolute atomic E-state index is 13.6. The molecule has 1 aromatic carbocycles. The number of nitriles is 1. The SMILES string of the molecule is CCS(=O)(=O)N1CC(CNc2c(F)cc(C#N)cc2F)C1. The van der Waals surface area contributed by atoms with E-state index in [1.807, 2.05) is 0 Å². The molecule has 0 radical (unpaired) electrons. The number of hydrogen-bond acceptors (Lipinski definition) is 4. The van der Waals surface area contributed by atoms with Gasteiger partial charge in [-0.05, 0) is 19.1 Å². The molecule has 114 valence electrons. The molecule has 0 atom stereocenters. The van der Waals surface area contributed by atoms with Crippen molar-refractivity contribution in [1.29, 1.82) is 5.26 Å². The van der Waals surface area contributed by atoms with Crippen molar-refractivity contribution in [2.24, 2.45) is 5.92 Å². The Morgan fingerprint density at radius 1 is 1.38 bits per heavy atom. The molecule has 2 rings (SSSR count). The predicted octanol–water partition coefficient (Wildman–Crippen LogP) is 1.53. The summed E-state index contributed by atoms with van der Waals surface area (Å²) in [7, 11) is -3.18. The summed E-state index contributed by atoms with van der Waals surface area (Å²) in [6.45, 7) is 2.54. The highest BCUT2D eigenvalue weighted by Crippen LogP contribution is 2.24. The molecule has 8 heteroatoms. The number of anilines is 1. The van der Waals surface area contributed by atoms with Crippen molar-refractivity contribution in [3.63, 3.8) is 0 Å². The Balaban J connectivity index is 1.93. The van der Waals surface area contributed by atoms with Crippen LogP contribution in [0, 0.1) is 28.9 Å². The van der Waals surface area contributed by atoms with Crippen LogP contribution < -0.4 is 5.32 Å². The average molecular weight is 315 g/mol. The average Bonchev–Trinajstić information content (AvgIpc) is 2.38. The van der Waals surface area contributed by atoms with E-state index in [0.29, 0.717) is 13.1 Å². The third-order valence-corrected chi connectivity index (χ3v) is 5.24. The van der Waals surface area contributed by atoms with Crippen LogP contribution in [0.15, 0.2) is 12.1 Å². The second-order valence-corrected chi connectivity index (χ2v) is 7.15. The molecule has 1 heterocycles. The van der Waals surface area contributed by atoms with Gasteiger partial charge in [0, 0.05) is 25.6 Å². The number of rotatable bonds is 5. The molecule has 1 fully saturated rings.